The van der Waals surface area contributed by atoms with E-state index in [0.29, 0.717) is 13.2 Å². The van der Waals surface area contributed by atoms with Gasteiger partial charge in [0.05, 0.1) is 6.54 Å². The van der Waals surface area contributed by atoms with Crippen LogP contribution in [0.3, 0.4) is 0 Å². The van der Waals surface area contributed by atoms with Gasteiger partial charge < -0.3 is 14.4 Å². The number of piperazine rings is 1. The van der Waals surface area contributed by atoms with Gasteiger partial charge in [-0.15, -0.1) is 0 Å². The molecule has 1 fully saturated rings. The van der Waals surface area contributed by atoms with Crippen molar-refractivity contribution in [3.05, 3.63) is 48.0 Å². The maximum absolute atomic E-state index is 10.2. The third-order valence-electron chi connectivity index (χ3n) is 4.65. The molecular weight excluding hydrogens is 316 g/mol. The third-order valence-corrected chi connectivity index (χ3v) is 4.65. The Kier molecular flexibility index (Phi) is 6.07. The van der Waals surface area contributed by atoms with Crippen LogP contribution < -0.4 is 4.74 Å². The van der Waals surface area contributed by atoms with Crippen LogP contribution in [0.4, 0.5) is 0 Å². The molecular formula is C19H28N4O2. The van der Waals surface area contributed by atoms with E-state index < -0.39 is 6.10 Å². The number of aryl methyl sites for hydroxylation is 2. The fourth-order valence-electron chi connectivity index (χ4n) is 3.13. The first-order valence-electron chi connectivity index (χ1n) is 8.88. The Bertz CT molecular complexity index is 665. The summed E-state index contributed by atoms with van der Waals surface area (Å²) in [6, 6.07) is 7.92. The van der Waals surface area contributed by atoms with E-state index in [2.05, 4.69) is 19.4 Å². The molecule has 2 heterocycles. The summed E-state index contributed by atoms with van der Waals surface area (Å²) in [7, 11) is 2.03. The average Bonchev–Trinajstić information content (AvgIpc) is 3.00. The normalized spacial score (nSPS) is 17.6. The van der Waals surface area contributed by atoms with Gasteiger partial charge >= 0.3 is 0 Å². The molecule has 1 N–H and O–H groups in total. The van der Waals surface area contributed by atoms with E-state index in [9.17, 15) is 5.11 Å². The first kappa shape index (κ1) is 17.9. The molecule has 1 aromatic carbocycles. The molecule has 0 radical (unpaired) electrons. The van der Waals surface area contributed by atoms with Gasteiger partial charge in [-0.2, -0.15) is 0 Å². The summed E-state index contributed by atoms with van der Waals surface area (Å²) < 4.78 is 7.76. The number of hydrogen-bond donors (Lipinski definition) is 1. The summed E-state index contributed by atoms with van der Waals surface area (Å²) in [6.45, 7) is 7.83. The lowest BCUT2D eigenvalue weighted by Crippen LogP contribution is -2.49. The van der Waals surface area contributed by atoms with Crippen LogP contribution in [0.25, 0.3) is 0 Å². The quantitative estimate of drug-likeness (QED) is 0.820. The second-order valence-electron chi connectivity index (χ2n) is 6.81. The van der Waals surface area contributed by atoms with E-state index in [1.165, 1.54) is 0 Å². The van der Waals surface area contributed by atoms with Gasteiger partial charge in [-0.1, -0.05) is 12.1 Å². The van der Waals surface area contributed by atoms with Gasteiger partial charge in [0.25, 0.3) is 0 Å². The number of imidazole rings is 1. The summed E-state index contributed by atoms with van der Waals surface area (Å²) in [5.74, 6) is 1.92. The highest BCUT2D eigenvalue weighted by molar-refractivity contribution is 5.27. The van der Waals surface area contributed by atoms with E-state index in [1.54, 1.807) is 0 Å². The Morgan fingerprint density at radius 2 is 1.96 bits per heavy atom. The van der Waals surface area contributed by atoms with Crippen molar-refractivity contribution in [2.45, 2.75) is 19.6 Å². The van der Waals surface area contributed by atoms with Gasteiger partial charge in [-0.25, -0.2) is 4.98 Å². The number of hydrogen-bond acceptors (Lipinski definition) is 5. The summed E-state index contributed by atoms with van der Waals surface area (Å²) in [5, 5.41) is 10.2. The lowest BCUT2D eigenvalue weighted by Gasteiger charge is -2.35. The SMILES string of the molecule is Cc1cccc(OC[C@@H](O)CN2CCN(Cc3nccn3C)CC2)c1. The molecule has 6 nitrogen and oxygen atoms in total. The van der Waals surface area contributed by atoms with Crippen molar-refractivity contribution < 1.29 is 9.84 Å². The van der Waals surface area contributed by atoms with E-state index >= 15 is 0 Å². The van der Waals surface area contributed by atoms with Gasteiger partial charge in [0.2, 0.25) is 0 Å². The van der Waals surface area contributed by atoms with Crippen LogP contribution in [0.2, 0.25) is 0 Å². The molecule has 1 saturated heterocycles. The number of aliphatic hydroxyl groups is 1. The monoisotopic (exact) mass is 344 g/mol. The van der Waals surface area contributed by atoms with Crippen molar-refractivity contribution in [1.82, 2.24) is 19.4 Å². The van der Waals surface area contributed by atoms with Crippen LogP contribution in [0, 0.1) is 6.92 Å². The van der Waals surface area contributed by atoms with E-state index in [4.69, 9.17) is 4.74 Å². The minimum absolute atomic E-state index is 0.330. The zero-order valence-electron chi connectivity index (χ0n) is 15.1. The molecule has 1 aromatic heterocycles. The Labute approximate surface area is 149 Å². The molecule has 0 spiro atoms. The second kappa shape index (κ2) is 8.47. The molecule has 1 aliphatic heterocycles. The summed E-state index contributed by atoms with van der Waals surface area (Å²) in [6.07, 6.45) is 3.35. The highest BCUT2D eigenvalue weighted by Crippen LogP contribution is 2.13. The molecule has 1 atom stereocenters. The van der Waals surface area contributed by atoms with Gasteiger partial charge in [-0.3, -0.25) is 9.80 Å². The number of aromatic nitrogens is 2. The number of aliphatic hydroxyl groups excluding tert-OH is 1. The molecule has 25 heavy (non-hydrogen) atoms. The van der Waals surface area contributed by atoms with Gasteiger partial charge in [0.15, 0.2) is 0 Å². The smallest absolute Gasteiger partial charge is 0.122 e. The average molecular weight is 344 g/mol. The standard InChI is InChI=1S/C19H28N4O2/c1-16-4-3-5-18(12-16)25-15-17(24)13-22-8-10-23(11-9-22)14-19-20-6-7-21(19)2/h3-7,12,17,24H,8-11,13-15H2,1-2H3/t17-/m0/s1. The van der Waals surface area contributed by atoms with E-state index in [-0.39, 0.29) is 0 Å². The van der Waals surface area contributed by atoms with Crippen molar-refractivity contribution in [1.29, 1.82) is 0 Å². The molecule has 0 bridgehead atoms. The lowest BCUT2D eigenvalue weighted by atomic mass is 10.2. The number of ether oxygens (including phenoxy) is 1. The molecule has 0 unspecified atom stereocenters. The van der Waals surface area contributed by atoms with Gasteiger partial charge in [0.1, 0.15) is 24.3 Å². The number of β-amino-alcohol motifs (C(OH)–C–C–N with tert-alkyl or cyclic N) is 1. The Balaban J connectivity index is 1.37. The Morgan fingerprint density at radius 1 is 1.20 bits per heavy atom. The predicted molar refractivity (Wildman–Crippen MR) is 97.6 cm³/mol. The zero-order chi connectivity index (χ0) is 17.6. The maximum atomic E-state index is 10.2. The number of benzene rings is 1. The molecule has 2 aromatic rings. The van der Waals surface area contributed by atoms with Crippen LogP contribution >= 0.6 is 0 Å². The lowest BCUT2D eigenvalue weighted by molar-refractivity contribution is 0.0440. The van der Waals surface area contributed by atoms with Crippen molar-refractivity contribution in [2.24, 2.45) is 7.05 Å². The first-order valence-corrected chi connectivity index (χ1v) is 8.88. The summed E-state index contributed by atoms with van der Waals surface area (Å²) in [4.78, 5) is 9.10. The Hall–Kier alpha value is -1.89. The summed E-state index contributed by atoms with van der Waals surface area (Å²) >= 11 is 0. The van der Waals surface area contributed by atoms with E-state index in [1.807, 2.05) is 50.6 Å². The van der Waals surface area contributed by atoms with E-state index in [0.717, 1.165) is 49.9 Å². The Morgan fingerprint density at radius 3 is 2.64 bits per heavy atom. The van der Waals surface area contributed by atoms with Crippen molar-refractivity contribution in [3.8, 4) is 5.75 Å². The third kappa shape index (κ3) is 5.29. The van der Waals surface area contributed by atoms with Crippen LogP contribution in [-0.4, -0.2) is 69.9 Å². The highest BCUT2D eigenvalue weighted by atomic mass is 16.5. The highest BCUT2D eigenvalue weighted by Gasteiger charge is 2.20. The zero-order valence-corrected chi connectivity index (χ0v) is 15.1. The molecule has 0 amide bonds. The molecule has 0 saturated carbocycles. The number of rotatable bonds is 7. The fourth-order valence-corrected chi connectivity index (χ4v) is 3.13. The molecule has 1 aliphatic rings. The maximum Gasteiger partial charge on any atom is 0.122 e. The van der Waals surface area contributed by atoms with Crippen molar-refractivity contribution in [3.63, 3.8) is 0 Å². The largest absolute Gasteiger partial charge is 0.491 e. The van der Waals surface area contributed by atoms with Gasteiger partial charge in [-0.05, 0) is 24.6 Å². The fraction of sp³-hybridized carbons (Fsp3) is 0.526. The number of nitrogens with zero attached hydrogens (tertiary/aromatic N) is 4. The molecule has 3 rings (SSSR count). The van der Waals surface area contributed by atoms with Crippen LogP contribution in [-0.2, 0) is 13.6 Å². The molecule has 6 heteroatoms. The first-order chi connectivity index (χ1) is 12.1. The minimum atomic E-state index is -0.471. The van der Waals surface area contributed by atoms with Crippen molar-refractivity contribution in [2.75, 3.05) is 39.3 Å². The predicted octanol–water partition coefficient (Wildman–Crippen LogP) is 1.29. The van der Waals surface area contributed by atoms with Crippen LogP contribution in [0.1, 0.15) is 11.4 Å². The summed E-state index contributed by atoms with van der Waals surface area (Å²) in [5.41, 5.74) is 1.16. The minimum Gasteiger partial charge on any atom is -0.491 e. The van der Waals surface area contributed by atoms with Crippen LogP contribution in [0.5, 0.6) is 5.75 Å². The second-order valence-corrected chi connectivity index (χ2v) is 6.81. The topological polar surface area (TPSA) is 53.8 Å². The van der Waals surface area contributed by atoms with Crippen LogP contribution in [0.15, 0.2) is 36.7 Å². The molecule has 136 valence electrons. The van der Waals surface area contributed by atoms with Crippen molar-refractivity contribution >= 4 is 0 Å². The molecule has 0 aliphatic carbocycles. The van der Waals surface area contributed by atoms with Gasteiger partial charge in [0, 0.05) is 52.2 Å².